The fourth-order valence-corrected chi connectivity index (χ4v) is 2.15. The van der Waals surface area contributed by atoms with Crippen LogP contribution in [0.4, 0.5) is 0 Å². The summed E-state index contributed by atoms with van der Waals surface area (Å²) in [5, 5.41) is 2.14. The maximum Gasteiger partial charge on any atom is 0.203 e. The first kappa shape index (κ1) is 12.6. The van der Waals surface area contributed by atoms with Crippen LogP contribution in [0.3, 0.4) is 0 Å². The SMILES string of the molecule is CCc1ccc2c(OC)c(OC)c(OC)cc2c1. The Morgan fingerprint density at radius 3 is 2.17 bits per heavy atom. The highest BCUT2D eigenvalue weighted by atomic mass is 16.5. The van der Waals surface area contributed by atoms with E-state index in [2.05, 4.69) is 25.1 Å². The molecule has 0 atom stereocenters. The number of hydrogen-bond donors (Lipinski definition) is 0. The van der Waals surface area contributed by atoms with Crippen LogP contribution in [-0.4, -0.2) is 21.3 Å². The molecule has 2 aromatic rings. The lowest BCUT2D eigenvalue weighted by Crippen LogP contribution is -1.96. The van der Waals surface area contributed by atoms with E-state index in [4.69, 9.17) is 14.2 Å². The Kier molecular flexibility index (Phi) is 3.60. The summed E-state index contributed by atoms with van der Waals surface area (Å²) in [6.07, 6.45) is 1.01. The first-order chi connectivity index (χ1) is 8.74. The summed E-state index contributed by atoms with van der Waals surface area (Å²) in [6.45, 7) is 2.14. The van der Waals surface area contributed by atoms with E-state index in [0.29, 0.717) is 11.5 Å². The predicted octanol–water partition coefficient (Wildman–Crippen LogP) is 3.43. The molecule has 3 nitrogen and oxygen atoms in total. The van der Waals surface area contributed by atoms with Crippen LogP contribution in [0, 0.1) is 0 Å². The molecule has 2 rings (SSSR count). The number of fused-ring (bicyclic) bond motifs is 1. The lowest BCUT2D eigenvalue weighted by Gasteiger charge is -2.15. The Morgan fingerprint density at radius 2 is 1.61 bits per heavy atom. The average Bonchev–Trinajstić information content (AvgIpc) is 2.44. The third-order valence-electron chi connectivity index (χ3n) is 3.11. The van der Waals surface area contributed by atoms with Gasteiger partial charge in [-0.05, 0) is 23.4 Å². The summed E-state index contributed by atoms with van der Waals surface area (Å²) in [5.41, 5.74) is 1.29. The van der Waals surface area contributed by atoms with Crippen molar-refractivity contribution in [3.8, 4) is 17.2 Å². The van der Waals surface area contributed by atoms with Crippen LogP contribution in [-0.2, 0) is 6.42 Å². The van der Waals surface area contributed by atoms with Gasteiger partial charge in [-0.15, -0.1) is 0 Å². The van der Waals surface area contributed by atoms with E-state index in [1.54, 1.807) is 21.3 Å². The van der Waals surface area contributed by atoms with E-state index in [9.17, 15) is 0 Å². The summed E-state index contributed by atoms with van der Waals surface area (Å²) < 4.78 is 16.2. The van der Waals surface area contributed by atoms with E-state index in [1.165, 1.54) is 5.56 Å². The molecule has 0 aliphatic carbocycles. The summed E-state index contributed by atoms with van der Waals surface area (Å²) in [7, 11) is 4.89. The van der Waals surface area contributed by atoms with Gasteiger partial charge in [-0.2, -0.15) is 0 Å². The third-order valence-corrected chi connectivity index (χ3v) is 3.11. The van der Waals surface area contributed by atoms with Gasteiger partial charge in [-0.1, -0.05) is 25.1 Å². The van der Waals surface area contributed by atoms with Crippen molar-refractivity contribution in [2.75, 3.05) is 21.3 Å². The van der Waals surface area contributed by atoms with Crippen LogP contribution in [0.5, 0.6) is 17.2 Å². The normalized spacial score (nSPS) is 10.4. The van der Waals surface area contributed by atoms with Crippen molar-refractivity contribution in [2.45, 2.75) is 13.3 Å². The van der Waals surface area contributed by atoms with E-state index >= 15 is 0 Å². The first-order valence-corrected chi connectivity index (χ1v) is 5.96. The minimum absolute atomic E-state index is 0.636. The number of ether oxygens (including phenoxy) is 3. The zero-order chi connectivity index (χ0) is 13.1. The van der Waals surface area contributed by atoms with Crippen molar-refractivity contribution in [1.82, 2.24) is 0 Å². The van der Waals surface area contributed by atoms with E-state index in [0.717, 1.165) is 22.9 Å². The number of methoxy groups -OCH3 is 3. The molecule has 0 saturated heterocycles. The van der Waals surface area contributed by atoms with Gasteiger partial charge in [0.1, 0.15) is 0 Å². The fraction of sp³-hybridized carbons (Fsp3) is 0.333. The maximum atomic E-state index is 5.46. The second-order valence-electron chi connectivity index (χ2n) is 4.05. The van der Waals surface area contributed by atoms with E-state index in [-0.39, 0.29) is 0 Å². The van der Waals surface area contributed by atoms with Crippen LogP contribution in [0.1, 0.15) is 12.5 Å². The standard InChI is InChI=1S/C15H18O3/c1-5-10-6-7-12-11(8-10)9-13(16-2)15(18-4)14(12)17-3/h6-9H,5H2,1-4H3. The highest BCUT2D eigenvalue weighted by Gasteiger charge is 2.15. The van der Waals surface area contributed by atoms with Gasteiger partial charge < -0.3 is 14.2 Å². The molecule has 0 bridgehead atoms. The lowest BCUT2D eigenvalue weighted by atomic mass is 10.0. The molecule has 96 valence electrons. The smallest absolute Gasteiger partial charge is 0.203 e. The second-order valence-corrected chi connectivity index (χ2v) is 4.05. The van der Waals surface area contributed by atoms with Gasteiger partial charge in [-0.3, -0.25) is 0 Å². The molecule has 18 heavy (non-hydrogen) atoms. The van der Waals surface area contributed by atoms with Crippen LogP contribution in [0.2, 0.25) is 0 Å². The molecule has 0 unspecified atom stereocenters. The minimum Gasteiger partial charge on any atom is -0.493 e. The number of aryl methyl sites for hydroxylation is 1. The summed E-state index contributed by atoms with van der Waals surface area (Å²) in [5.74, 6) is 2.04. The number of benzene rings is 2. The highest BCUT2D eigenvalue weighted by molar-refractivity contribution is 5.93. The van der Waals surface area contributed by atoms with Crippen molar-refractivity contribution < 1.29 is 14.2 Å². The molecule has 3 heteroatoms. The molecule has 0 N–H and O–H groups in total. The molecule has 2 aromatic carbocycles. The van der Waals surface area contributed by atoms with E-state index < -0.39 is 0 Å². The summed E-state index contributed by atoms with van der Waals surface area (Å²) >= 11 is 0. The topological polar surface area (TPSA) is 27.7 Å². The molecule has 0 fully saturated rings. The van der Waals surface area contributed by atoms with Gasteiger partial charge in [0.25, 0.3) is 0 Å². The Morgan fingerprint density at radius 1 is 0.889 bits per heavy atom. The Labute approximate surface area is 107 Å². The molecular weight excluding hydrogens is 228 g/mol. The van der Waals surface area contributed by atoms with Gasteiger partial charge in [0.05, 0.1) is 21.3 Å². The van der Waals surface area contributed by atoms with Crippen molar-refractivity contribution in [3.63, 3.8) is 0 Å². The molecule has 0 aromatic heterocycles. The first-order valence-electron chi connectivity index (χ1n) is 5.96. The third kappa shape index (κ3) is 1.96. The van der Waals surface area contributed by atoms with Gasteiger partial charge in [0.15, 0.2) is 11.5 Å². The quantitative estimate of drug-likeness (QED) is 0.827. The Hall–Kier alpha value is -1.90. The Balaban J connectivity index is 2.78. The van der Waals surface area contributed by atoms with Crippen molar-refractivity contribution in [1.29, 1.82) is 0 Å². The van der Waals surface area contributed by atoms with Gasteiger partial charge in [0.2, 0.25) is 5.75 Å². The van der Waals surface area contributed by atoms with Crippen LogP contribution in [0.25, 0.3) is 10.8 Å². The molecule has 0 heterocycles. The van der Waals surface area contributed by atoms with Crippen LogP contribution >= 0.6 is 0 Å². The zero-order valence-corrected chi connectivity index (χ0v) is 11.2. The fourth-order valence-electron chi connectivity index (χ4n) is 2.15. The second kappa shape index (κ2) is 5.17. The lowest BCUT2D eigenvalue weighted by molar-refractivity contribution is 0.327. The van der Waals surface area contributed by atoms with Crippen LogP contribution < -0.4 is 14.2 Å². The van der Waals surface area contributed by atoms with Crippen molar-refractivity contribution in [3.05, 3.63) is 29.8 Å². The minimum atomic E-state index is 0.636. The van der Waals surface area contributed by atoms with Gasteiger partial charge in [0, 0.05) is 5.39 Å². The molecule has 0 aliphatic rings. The molecule has 0 amide bonds. The molecule has 0 radical (unpaired) electrons. The van der Waals surface area contributed by atoms with E-state index in [1.807, 2.05) is 6.07 Å². The number of rotatable bonds is 4. The van der Waals surface area contributed by atoms with Gasteiger partial charge in [-0.25, -0.2) is 0 Å². The molecule has 0 spiro atoms. The van der Waals surface area contributed by atoms with Gasteiger partial charge >= 0.3 is 0 Å². The van der Waals surface area contributed by atoms with Crippen molar-refractivity contribution in [2.24, 2.45) is 0 Å². The predicted molar refractivity (Wildman–Crippen MR) is 73.0 cm³/mol. The largest absolute Gasteiger partial charge is 0.493 e. The molecule has 0 saturated carbocycles. The van der Waals surface area contributed by atoms with Crippen LogP contribution in [0.15, 0.2) is 24.3 Å². The average molecular weight is 246 g/mol. The molecule has 0 aliphatic heterocycles. The molecular formula is C15H18O3. The summed E-state index contributed by atoms with van der Waals surface area (Å²) in [4.78, 5) is 0. The number of hydrogen-bond acceptors (Lipinski definition) is 3. The maximum absolute atomic E-state index is 5.46. The van der Waals surface area contributed by atoms with Crippen molar-refractivity contribution >= 4 is 10.8 Å². The Bertz CT molecular complexity index is 561. The zero-order valence-electron chi connectivity index (χ0n) is 11.2. The monoisotopic (exact) mass is 246 g/mol. The summed E-state index contributed by atoms with van der Waals surface area (Å²) in [6, 6.07) is 8.31. The highest BCUT2D eigenvalue weighted by Crippen LogP contribution is 2.43.